The molecule has 0 fully saturated rings. The van der Waals surface area contributed by atoms with Crippen molar-refractivity contribution in [3.63, 3.8) is 0 Å². The molecule has 0 amide bonds. The van der Waals surface area contributed by atoms with Gasteiger partial charge in [-0.25, -0.2) is 0 Å². The summed E-state index contributed by atoms with van der Waals surface area (Å²) in [4.78, 5) is 0. The molecule has 0 bridgehead atoms. The van der Waals surface area contributed by atoms with Crippen molar-refractivity contribution in [3.8, 4) is 0 Å². The zero-order chi connectivity index (χ0) is 12.3. The molecule has 0 aromatic carbocycles. The van der Waals surface area contributed by atoms with E-state index in [9.17, 15) is 0 Å². The second-order valence-electron chi connectivity index (χ2n) is 2.82. The monoisotopic (exact) mass is 218 g/mol. The molecule has 0 atom stereocenters. The molecule has 0 aromatic rings. The molecule has 0 aliphatic carbocycles. The highest BCUT2D eigenvalue weighted by molar-refractivity contribution is 5.44. The van der Waals surface area contributed by atoms with Crippen LogP contribution in [0.15, 0.2) is 73.4 Å². The first kappa shape index (κ1) is 19.9. The van der Waals surface area contributed by atoms with Crippen LogP contribution in [-0.2, 0) is 0 Å². The summed E-state index contributed by atoms with van der Waals surface area (Å²) in [7, 11) is 0. The van der Waals surface area contributed by atoms with Gasteiger partial charge in [0, 0.05) is 0 Å². The average molecular weight is 218 g/mol. The lowest BCUT2D eigenvalue weighted by Gasteiger charge is -1.97. The fraction of sp³-hybridized carbons (Fsp3) is 0.250. The Morgan fingerprint density at radius 2 is 1.31 bits per heavy atom. The average Bonchev–Trinajstić information content (AvgIpc) is 2.25. The molecule has 0 aliphatic heterocycles. The molecule has 0 rings (SSSR count). The van der Waals surface area contributed by atoms with E-state index < -0.39 is 0 Å². The largest absolute Gasteiger partial charge is 0.0991 e. The third kappa shape index (κ3) is 12.4. The van der Waals surface area contributed by atoms with Gasteiger partial charge < -0.3 is 0 Å². The van der Waals surface area contributed by atoms with Crippen molar-refractivity contribution in [2.75, 3.05) is 0 Å². The van der Waals surface area contributed by atoms with Crippen LogP contribution in [0.2, 0.25) is 0 Å². The van der Waals surface area contributed by atoms with Gasteiger partial charge in [-0.15, -0.1) is 0 Å². The molecule has 0 unspecified atom stereocenters. The molecule has 0 nitrogen and oxygen atoms in total. The van der Waals surface area contributed by atoms with Crippen molar-refractivity contribution in [2.45, 2.75) is 28.2 Å². The van der Waals surface area contributed by atoms with E-state index >= 15 is 0 Å². The van der Waals surface area contributed by atoms with Crippen LogP contribution in [0.3, 0.4) is 0 Å². The lowest BCUT2D eigenvalue weighted by Crippen LogP contribution is -1.77. The van der Waals surface area contributed by atoms with E-state index in [-0.39, 0.29) is 7.43 Å². The van der Waals surface area contributed by atoms with Gasteiger partial charge in [-0.05, 0) is 18.1 Å². The van der Waals surface area contributed by atoms with Crippen molar-refractivity contribution < 1.29 is 0 Å². The van der Waals surface area contributed by atoms with Crippen molar-refractivity contribution in [3.05, 3.63) is 73.4 Å². The van der Waals surface area contributed by atoms with Crippen LogP contribution in [0.4, 0.5) is 0 Å². The molecule has 0 aromatic heterocycles. The first-order chi connectivity index (χ1) is 7.07. The van der Waals surface area contributed by atoms with Crippen molar-refractivity contribution >= 4 is 0 Å². The highest BCUT2D eigenvalue weighted by Gasteiger charge is 1.89. The summed E-state index contributed by atoms with van der Waals surface area (Å²) >= 11 is 0. The Labute approximate surface area is 102 Å². The predicted molar refractivity (Wildman–Crippen MR) is 79.7 cm³/mol. The van der Waals surface area contributed by atoms with Gasteiger partial charge in [-0.2, -0.15) is 0 Å². The van der Waals surface area contributed by atoms with E-state index in [2.05, 4.69) is 26.3 Å². The fourth-order valence-electron chi connectivity index (χ4n) is 0.641. The highest BCUT2D eigenvalue weighted by Crippen LogP contribution is 2.09. The molecule has 0 saturated carbocycles. The smallest absolute Gasteiger partial charge is 0.0262 e. The second kappa shape index (κ2) is 13.4. The van der Waals surface area contributed by atoms with E-state index in [1.54, 1.807) is 6.08 Å². The normalized spacial score (nSPS) is 8.94. The van der Waals surface area contributed by atoms with Crippen LogP contribution >= 0.6 is 0 Å². The zero-order valence-corrected chi connectivity index (χ0v) is 10.2. The van der Waals surface area contributed by atoms with Crippen LogP contribution in [0, 0.1) is 0 Å². The zero-order valence-electron chi connectivity index (χ0n) is 10.2. The number of hydrogen-bond donors (Lipinski definition) is 0. The maximum atomic E-state index is 3.87. The molecule has 90 valence electrons. The lowest BCUT2D eigenvalue weighted by atomic mass is 10.1. The minimum Gasteiger partial charge on any atom is -0.0991 e. The molecular weight excluding hydrogens is 192 g/mol. The number of hydrogen-bond acceptors (Lipinski definition) is 0. The van der Waals surface area contributed by atoms with Gasteiger partial charge >= 0.3 is 0 Å². The topological polar surface area (TPSA) is 0 Å². The standard InChI is InChI=1S/C13H16.C2H6.CH4/c1-6-7-8-12(4)13(5)10-9-11(2)3;1-2;/h6-10H,1-2,4-5H2,3H3;1-2H3;1H4/b8-7-,10-9-;;. The summed E-state index contributed by atoms with van der Waals surface area (Å²) in [6.07, 6.45) is 9.23. The van der Waals surface area contributed by atoms with Crippen LogP contribution < -0.4 is 0 Å². The summed E-state index contributed by atoms with van der Waals surface area (Å²) in [5.74, 6) is 0. The van der Waals surface area contributed by atoms with E-state index in [0.717, 1.165) is 16.7 Å². The van der Waals surface area contributed by atoms with Gasteiger partial charge in [0.05, 0.1) is 0 Å². The van der Waals surface area contributed by atoms with E-state index in [1.807, 2.05) is 45.1 Å². The van der Waals surface area contributed by atoms with Crippen molar-refractivity contribution in [1.82, 2.24) is 0 Å². The number of rotatable bonds is 5. The van der Waals surface area contributed by atoms with Gasteiger partial charge in [0.1, 0.15) is 0 Å². The summed E-state index contributed by atoms with van der Waals surface area (Å²) in [5, 5.41) is 0. The van der Waals surface area contributed by atoms with E-state index in [4.69, 9.17) is 0 Å². The summed E-state index contributed by atoms with van der Waals surface area (Å²) < 4.78 is 0. The Kier molecular flexibility index (Phi) is 16.7. The van der Waals surface area contributed by atoms with Gasteiger partial charge in [-0.3, -0.25) is 0 Å². The van der Waals surface area contributed by atoms with Crippen LogP contribution in [-0.4, -0.2) is 0 Å². The molecule has 0 spiro atoms. The maximum absolute atomic E-state index is 3.87. The van der Waals surface area contributed by atoms with Gasteiger partial charge in [0.2, 0.25) is 0 Å². The first-order valence-electron chi connectivity index (χ1n) is 5.08. The molecule has 0 saturated heterocycles. The Balaban J connectivity index is -0.000000529. The third-order valence-corrected chi connectivity index (χ3v) is 1.41. The van der Waals surface area contributed by atoms with Crippen LogP contribution in [0.25, 0.3) is 0 Å². The molecular formula is C16H26. The molecule has 0 heterocycles. The highest BCUT2D eigenvalue weighted by atomic mass is 13.9. The summed E-state index contributed by atoms with van der Waals surface area (Å²) in [5.41, 5.74) is 2.78. The molecule has 16 heavy (non-hydrogen) atoms. The molecule has 0 radical (unpaired) electrons. The first-order valence-corrected chi connectivity index (χ1v) is 5.08. The maximum Gasteiger partial charge on any atom is -0.0262 e. The third-order valence-electron chi connectivity index (χ3n) is 1.41. The summed E-state index contributed by atoms with van der Waals surface area (Å²) in [6, 6.07) is 0. The van der Waals surface area contributed by atoms with Crippen molar-refractivity contribution in [1.29, 1.82) is 0 Å². The summed E-state index contributed by atoms with van der Waals surface area (Å²) in [6.45, 7) is 21.0. The predicted octanol–water partition coefficient (Wildman–Crippen LogP) is 5.64. The van der Waals surface area contributed by atoms with Gasteiger partial charge in [-0.1, -0.05) is 83.5 Å². The van der Waals surface area contributed by atoms with Crippen molar-refractivity contribution in [2.24, 2.45) is 0 Å². The fourth-order valence-corrected chi connectivity index (χ4v) is 0.641. The number of allylic oxidation sites excluding steroid dienone is 8. The second-order valence-corrected chi connectivity index (χ2v) is 2.82. The van der Waals surface area contributed by atoms with E-state index in [1.165, 1.54) is 0 Å². The van der Waals surface area contributed by atoms with Crippen LogP contribution in [0.5, 0.6) is 0 Å². The molecule has 0 heteroatoms. The van der Waals surface area contributed by atoms with Gasteiger partial charge in [0.15, 0.2) is 0 Å². The Hall–Kier alpha value is -1.56. The minimum absolute atomic E-state index is 0. The SMILES string of the molecule is C.C=C/C=C\C(=C)C(=C)/C=C\C(=C)C.CC. The van der Waals surface area contributed by atoms with E-state index in [0.29, 0.717) is 0 Å². The molecule has 0 aliphatic rings. The van der Waals surface area contributed by atoms with Crippen LogP contribution in [0.1, 0.15) is 28.2 Å². The Bertz CT molecular complexity index is 285. The Morgan fingerprint density at radius 1 is 0.875 bits per heavy atom. The van der Waals surface area contributed by atoms with Gasteiger partial charge in [0.25, 0.3) is 0 Å². The molecule has 0 N–H and O–H groups in total. The minimum atomic E-state index is 0. The lowest BCUT2D eigenvalue weighted by molar-refractivity contribution is 1.50. The Morgan fingerprint density at radius 3 is 1.69 bits per heavy atom. The quantitative estimate of drug-likeness (QED) is 0.524.